The smallest absolute Gasteiger partial charge is 0.190 e. The summed E-state index contributed by atoms with van der Waals surface area (Å²) in [5, 5.41) is 8.09. The standard InChI is InChI=1S/C21H27N5.HI/c1-15-5-4-6-19-18(14-26-20(15)19)9-12-25-21(22-3)24-11-8-17-7-10-23-13-16(17)2;/h4-7,10,13-14,26H,8-9,11-12H2,1-3H3,(H2,22,24,25);1H. The highest BCUT2D eigenvalue weighted by Gasteiger charge is 2.06. The first-order chi connectivity index (χ1) is 12.7. The molecule has 0 aliphatic heterocycles. The van der Waals surface area contributed by atoms with E-state index < -0.39 is 0 Å². The van der Waals surface area contributed by atoms with Gasteiger partial charge in [-0.05, 0) is 55.0 Å². The molecule has 0 fully saturated rings. The molecule has 0 saturated heterocycles. The third kappa shape index (κ3) is 5.45. The van der Waals surface area contributed by atoms with Gasteiger partial charge in [-0.15, -0.1) is 24.0 Å². The minimum atomic E-state index is 0. The summed E-state index contributed by atoms with van der Waals surface area (Å²) in [6, 6.07) is 8.51. The summed E-state index contributed by atoms with van der Waals surface area (Å²) in [7, 11) is 1.81. The zero-order valence-corrected chi connectivity index (χ0v) is 18.5. The second kappa shape index (κ2) is 10.3. The molecule has 0 aliphatic rings. The second-order valence-electron chi connectivity index (χ2n) is 6.54. The van der Waals surface area contributed by atoms with Crippen molar-refractivity contribution >= 4 is 40.8 Å². The number of hydrogen-bond acceptors (Lipinski definition) is 2. The highest BCUT2D eigenvalue weighted by Crippen LogP contribution is 2.21. The van der Waals surface area contributed by atoms with Crippen LogP contribution in [-0.2, 0) is 12.8 Å². The molecule has 0 saturated carbocycles. The molecule has 2 aromatic heterocycles. The largest absolute Gasteiger partial charge is 0.361 e. The Labute approximate surface area is 178 Å². The van der Waals surface area contributed by atoms with E-state index in [-0.39, 0.29) is 24.0 Å². The van der Waals surface area contributed by atoms with E-state index in [9.17, 15) is 0 Å². The zero-order valence-electron chi connectivity index (χ0n) is 16.2. The zero-order chi connectivity index (χ0) is 18.4. The van der Waals surface area contributed by atoms with Crippen molar-refractivity contribution in [1.29, 1.82) is 0 Å². The van der Waals surface area contributed by atoms with Crippen LogP contribution in [0.15, 0.2) is 47.8 Å². The fourth-order valence-electron chi connectivity index (χ4n) is 3.21. The predicted molar refractivity (Wildman–Crippen MR) is 124 cm³/mol. The Balaban J connectivity index is 0.00000261. The van der Waals surface area contributed by atoms with Gasteiger partial charge in [-0.25, -0.2) is 0 Å². The number of benzene rings is 1. The number of fused-ring (bicyclic) bond motifs is 1. The van der Waals surface area contributed by atoms with Gasteiger partial charge >= 0.3 is 0 Å². The maximum absolute atomic E-state index is 4.31. The Hall–Kier alpha value is -2.09. The number of pyridine rings is 1. The van der Waals surface area contributed by atoms with Crippen LogP contribution in [-0.4, -0.2) is 36.1 Å². The average molecular weight is 477 g/mol. The maximum atomic E-state index is 4.31. The number of aliphatic imine (C=N–C) groups is 1. The lowest BCUT2D eigenvalue weighted by Crippen LogP contribution is -2.39. The topological polar surface area (TPSA) is 65.1 Å². The van der Waals surface area contributed by atoms with Gasteiger partial charge in [0.1, 0.15) is 0 Å². The molecule has 0 unspecified atom stereocenters. The number of para-hydroxylation sites is 1. The number of rotatable bonds is 6. The van der Waals surface area contributed by atoms with Crippen LogP contribution in [0.4, 0.5) is 0 Å². The molecule has 0 bridgehead atoms. The number of hydrogen-bond donors (Lipinski definition) is 3. The lowest BCUT2D eigenvalue weighted by atomic mass is 10.1. The summed E-state index contributed by atoms with van der Waals surface area (Å²) >= 11 is 0. The van der Waals surface area contributed by atoms with Gasteiger partial charge in [0.15, 0.2) is 5.96 Å². The summed E-state index contributed by atoms with van der Waals surface area (Å²) in [6.07, 6.45) is 7.77. The molecular formula is C21H28IN5. The lowest BCUT2D eigenvalue weighted by molar-refractivity contribution is 0.783. The number of guanidine groups is 1. The van der Waals surface area contributed by atoms with E-state index in [0.29, 0.717) is 0 Å². The molecule has 0 aliphatic carbocycles. The van der Waals surface area contributed by atoms with E-state index in [1.54, 1.807) is 0 Å². The Bertz CT molecular complexity index is 900. The molecule has 0 radical (unpaired) electrons. The first kappa shape index (κ1) is 21.2. The van der Waals surface area contributed by atoms with Crippen LogP contribution in [0.3, 0.4) is 0 Å². The SMILES string of the molecule is CN=C(NCCc1ccncc1C)NCCc1c[nH]c2c(C)cccc12.I. The quantitative estimate of drug-likeness (QED) is 0.288. The van der Waals surface area contributed by atoms with E-state index in [1.807, 2.05) is 19.4 Å². The fourth-order valence-corrected chi connectivity index (χ4v) is 3.21. The summed E-state index contributed by atoms with van der Waals surface area (Å²) in [5.41, 5.74) is 6.39. The van der Waals surface area contributed by atoms with Crippen LogP contribution >= 0.6 is 24.0 Å². The van der Waals surface area contributed by atoms with Crippen molar-refractivity contribution in [3.05, 3.63) is 65.1 Å². The minimum absolute atomic E-state index is 0. The Kier molecular flexibility index (Phi) is 8.09. The molecule has 0 spiro atoms. The van der Waals surface area contributed by atoms with E-state index in [1.165, 1.54) is 33.2 Å². The molecule has 0 atom stereocenters. The predicted octanol–water partition coefficient (Wildman–Crippen LogP) is 3.75. The second-order valence-corrected chi connectivity index (χ2v) is 6.54. The molecule has 2 heterocycles. The minimum Gasteiger partial charge on any atom is -0.361 e. The molecule has 5 nitrogen and oxygen atoms in total. The summed E-state index contributed by atoms with van der Waals surface area (Å²) in [4.78, 5) is 11.8. The van der Waals surface area contributed by atoms with Crippen LogP contribution in [0, 0.1) is 13.8 Å². The molecule has 1 aromatic carbocycles. The lowest BCUT2D eigenvalue weighted by Gasteiger charge is -2.12. The van der Waals surface area contributed by atoms with E-state index in [2.05, 4.69) is 69.9 Å². The molecule has 144 valence electrons. The van der Waals surface area contributed by atoms with Crippen molar-refractivity contribution in [3.63, 3.8) is 0 Å². The molecule has 3 rings (SSSR count). The molecule has 0 amide bonds. The van der Waals surface area contributed by atoms with Crippen LogP contribution < -0.4 is 10.6 Å². The molecular weight excluding hydrogens is 449 g/mol. The van der Waals surface area contributed by atoms with Crippen LogP contribution in [0.25, 0.3) is 10.9 Å². The Morgan fingerprint density at radius 2 is 1.78 bits per heavy atom. The molecule has 3 aromatic rings. The number of nitrogens with one attached hydrogen (secondary N) is 3. The third-order valence-electron chi connectivity index (χ3n) is 4.74. The number of aromatic amines is 1. The van der Waals surface area contributed by atoms with Crippen molar-refractivity contribution in [1.82, 2.24) is 20.6 Å². The highest BCUT2D eigenvalue weighted by atomic mass is 127. The normalized spacial score (nSPS) is 11.3. The monoisotopic (exact) mass is 477 g/mol. The summed E-state index contributed by atoms with van der Waals surface area (Å²) in [6.45, 7) is 5.92. The fraction of sp³-hybridized carbons (Fsp3) is 0.333. The van der Waals surface area contributed by atoms with Gasteiger partial charge in [-0.1, -0.05) is 18.2 Å². The highest BCUT2D eigenvalue weighted by molar-refractivity contribution is 14.0. The first-order valence-electron chi connectivity index (χ1n) is 9.08. The van der Waals surface area contributed by atoms with Crippen molar-refractivity contribution in [2.24, 2.45) is 4.99 Å². The van der Waals surface area contributed by atoms with Crippen LogP contribution in [0.5, 0.6) is 0 Å². The molecule has 27 heavy (non-hydrogen) atoms. The summed E-state index contributed by atoms with van der Waals surface area (Å²) < 4.78 is 0. The number of H-pyrrole nitrogens is 1. The van der Waals surface area contributed by atoms with Gasteiger partial charge in [0.05, 0.1) is 0 Å². The van der Waals surface area contributed by atoms with Gasteiger partial charge in [0.2, 0.25) is 0 Å². The van der Waals surface area contributed by atoms with Crippen molar-refractivity contribution in [3.8, 4) is 0 Å². The van der Waals surface area contributed by atoms with E-state index in [4.69, 9.17) is 0 Å². The number of nitrogens with zero attached hydrogens (tertiary/aromatic N) is 2. The van der Waals surface area contributed by atoms with Gasteiger partial charge in [0, 0.05) is 49.6 Å². The van der Waals surface area contributed by atoms with E-state index >= 15 is 0 Å². The first-order valence-corrected chi connectivity index (χ1v) is 9.08. The van der Waals surface area contributed by atoms with Gasteiger partial charge in [-0.2, -0.15) is 0 Å². The number of aromatic nitrogens is 2. The van der Waals surface area contributed by atoms with Crippen molar-refractivity contribution in [2.75, 3.05) is 20.1 Å². The molecule has 3 N–H and O–H groups in total. The van der Waals surface area contributed by atoms with Gasteiger partial charge in [-0.3, -0.25) is 9.98 Å². The van der Waals surface area contributed by atoms with Crippen LogP contribution in [0.1, 0.15) is 22.3 Å². The number of aryl methyl sites for hydroxylation is 2. The van der Waals surface area contributed by atoms with Gasteiger partial charge in [0.25, 0.3) is 0 Å². The molecule has 6 heteroatoms. The van der Waals surface area contributed by atoms with Gasteiger partial charge < -0.3 is 15.6 Å². The van der Waals surface area contributed by atoms with Crippen LogP contribution in [0.2, 0.25) is 0 Å². The van der Waals surface area contributed by atoms with Crippen molar-refractivity contribution in [2.45, 2.75) is 26.7 Å². The average Bonchev–Trinajstić information content (AvgIpc) is 3.06. The number of halogens is 1. The Morgan fingerprint density at radius 3 is 2.48 bits per heavy atom. The van der Waals surface area contributed by atoms with E-state index in [0.717, 1.165) is 31.9 Å². The summed E-state index contributed by atoms with van der Waals surface area (Å²) in [5.74, 6) is 0.840. The van der Waals surface area contributed by atoms with Crippen molar-refractivity contribution < 1.29 is 0 Å². The maximum Gasteiger partial charge on any atom is 0.190 e. The Morgan fingerprint density at radius 1 is 1.04 bits per heavy atom. The third-order valence-corrected chi connectivity index (χ3v) is 4.74.